The largest absolute Gasteiger partial charge is 3.00 e. The molecule has 0 amide bonds. The van der Waals surface area contributed by atoms with Gasteiger partial charge in [-0.25, -0.2) is 4.39 Å². The molecule has 0 saturated carbocycles. The fraction of sp³-hybridized carbons (Fsp3) is 0.310. The zero-order valence-electron chi connectivity index (χ0n) is 25.1. The summed E-state index contributed by atoms with van der Waals surface area (Å²) in [6, 6.07) is 12.6. The Morgan fingerprint density at radius 2 is 1.12 bits per heavy atom. The number of ether oxygens (including phenoxy) is 2. The van der Waals surface area contributed by atoms with Gasteiger partial charge in [0.1, 0.15) is 25.5 Å². The van der Waals surface area contributed by atoms with Gasteiger partial charge in [0.2, 0.25) is 0 Å². The molecule has 1 radical (unpaired) electrons. The monoisotopic (exact) mass is 848 g/mol. The number of nitrogens with zero attached hydrogens (tertiary/aromatic N) is 4. The summed E-state index contributed by atoms with van der Waals surface area (Å²) in [6.07, 6.45) is 3.02. The number of benzene rings is 3. The predicted molar refractivity (Wildman–Crippen MR) is 168 cm³/mol. The summed E-state index contributed by atoms with van der Waals surface area (Å²) in [5, 5.41) is 56.9. The summed E-state index contributed by atoms with van der Waals surface area (Å²) in [7, 11) is 0. The van der Waals surface area contributed by atoms with Gasteiger partial charge >= 0.3 is 40.4 Å². The maximum Gasteiger partial charge on any atom is 3.00 e. The van der Waals surface area contributed by atoms with Gasteiger partial charge < -0.3 is 55.2 Å². The molecular weight excluding hydrogens is 819 g/mol. The van der Waals surface area contributed by atoms with Crippen molar-refractivity contribution in [2.45, 2.75) is 19.6 Å². The number of halogens is 3. The molecule has 0 atom stereocenters. The second-order valence-corrected chi connectivity index (χ2v) is 10.5. The van der Waals surface area contributed by atoms with Crippen molar-refractivity contribution in [1.82, 2.24) is 0 Å². The smallest absolute Gasteiger partial charge is 0.872 e. The molecule has 257 valence electrons. The number of quaternary nitrogens is 1. The van der Waals surface area contributed by atoms with E-state index in [-0.39, 0.29) is 70.8 Å². The van der Waals surface area contributed by atoms with Crippen LogP contribution in [0.3, 0.4) is 0 Å². The van der Waals surface area contributed by atoms with Crippen LogP contribution in [0.4, 0.5) is 4.39 Å². The van der Waals surface area contributed by atoms with Crippen LogP contribution in [0.15, 0.2) is 58.5 Å². The number of nitrogens with one attached hydrogen (secondary N) is 1. The average molecular weight is 848 g/mol. The zero-order chi connectivity index (χ0) is 34.8. The molecule has 0 spiro atoms. The van der Waals surface area contributed by atoms with Gasteiger partial charge in [-0.3, -0.25) is 9.98 Å². The van der Waals surface area contributed by atoms with E-state index in [9.17, 15) is 14.6 Å². The van der Waals surface area contributed by atoms with Crippen molar-refractivity contribution in [1.29, 1.82) is 0 Å². The van der Waals surface area contributed by atoms with E-state index in [2.05, 4.69) is 9.98 Å². The molecule has 0 aromatic heterocycles. The molecule has 19 heteroatoms. The summed E-state index contributed by atoms with van der Waals surface area (Å²) in [5.41, 5.74) is 2.56. The summed E-state index contributed by atoms with van der Waals surface area (Å²) in [4.78, 5) is 26.0. The summed E-state index contributed by atoms with van der Waals surface area (Å²) < 4.78 is 24.6. The van der Waals surface area contributed by atoms with Crippen LogP contribution >= 0.6 is 23.2 Å². The standard InChI is InChI=1S/C29H30Cl2FN3O4.2NO3.Sm/c30-25-11-21-15-33-5-7-38-9-10-39-8-6-34-16-22-12-26(31)14-24(29(22)37)19-35(18-23(13-25)28(21)36)17-20-1-3-27(32)4-2-20;2*2-1(3)4;/h1-4,11-16,36-37H,5-10,17-19H2;;;/q;2*-1;+3/p-1. The second-order valence-electron chi connectivity index (χ2n) is 9.62. The first-order valence-electron chi connectivity index (χ1n) is 13.7. The number of hydrogen-bond donors (Lipinski definition) is 1. The van der Waals surface area contributed by atoms with Crippen molar-refractivity contribution in [3.63, 3.8) is 0 Å². The van der Waals surface area contributed by atoms with Crippen molar-refractivity contribution in [3.05, 3.63) is 123 Å². The first-order valence-corrected chi connectivity index (χ1v) is 14.5. The molecule has 4 bridgehead atoms. The van der Waals surface area contributed by atoms with Crippen LogP contribution < -0.4 is 15.1 Å². The Morgan fingerprint density at radius 1 is 0.729 bits per heavy atom. The molecule has 4 rings (SSSR count). The molecule has 1 aliphatic heterocycles. The fourth-order valence-corrected chi connectivity index (χ4v) is 4.80. The maximum absolute atomic E-state index is 13.5. The topological polar surface area (TPSA) is 226 Å². The second kappa shape index (κ2) is 23.1. The normalized spacial score (nSPS) is 15.2. The summed E-state index contributed by atoms with van der Waals surface area (Å²) in [5.74, 6) is -0.727. The Bertz CT molecular complexity index is 1440. The molecule has 0 unspecified atom stereocenters. The number of hydrogen-bond acceptors (Lipinski definition) is 12. The molecule has 0 fully saturated rings. The van der Waals surface area contributed by atoms with Gasteiger partial charge in [0.05, 0.1) is 49.7 Å². The van der Waals surface area contributed by atoms with Gasteiger partial charge in [0.15, 0.2) is 0 Å². The van der Waals surface area contributed by atoms with E-state index < -0.39 is 10.2 Å². The molecule has 3 aromatic carbocycles. The van der Waals surface area contributed by atoms with Crippen molar-refractivity contribution in [2.24, 2.45) is 9.98 Å². The van der Waals surface area contributed by atoms with Crippen LogP contribution in [0, 0.1) is 76.8 Å². The van der Waals surface area contributed by atoms with Crippen LogP contribution in [0.25, 0.3) is 0 Å². The minimum atomic E-state index is -1.75. The van der Waals surface area contributed by atoms with Crippen LogP contribution in [-0.4, -0.2) is 62.1 Å². The van der Waals surface area contributed by atoms with E-state index in [1.165, 1.54) is 24.6 Å². The molecule has 1 N–H and O–H groups in total. The van der Waals surface area contributed by atoms with Gasteiger partial charge in [-0.2, -0.15) is 0 Å². The Kier molecular flexibility index (Phi) is 20.6. The Balaban J connectivity index is 0.00000115. The molecule has 3 aromatic rings. The third-order valence-electron chi connectivity index (χ3n) is 6.13. The number of fused-ring (bicyclic) bond motifs is 4. The SMILES string of the molecule is O=[N+]([O-])[O-].O=[N+]([O-])[O-].[O-]c1c2cc(Cl)cc1C[NH+](Cc1ccc(F)cc1)Cc1cc(Cl)cc(c1[O-])C=NCCOCCOCCN=C2.[Sm+3]. The molecule has 48 heavy (non-hydrogen) atoms. The van der Waals surface area contributed by atoms with Gasteiger partial charge in [-0.05, 0) is 47.5 Å². The molecule has 0 saturated heterocycles. The number of aliphatic imine (C=N–C) groups is 2. The fourth-order valence-electron chi connectivity index (χ4n) is 4.30. The van der Waals surface area contributed by atoms with Gasteiger partial charge in [-0.1, -0.05) is 46.8 Å². The molecular formula is C29H29Cl2FN5O10Sm. The van der Waals surface area contributed by atoms with Crippen molar-refractivity contribution < 1.29 is 79.5 Å². The number of rotatable bonds is 2. The Labute approximate surface area is 316 Å². The van der Waals surface area contributed by atoms with Crippen LogP contribution in [0.1, 0.15) is 27.8 Å². The Morgan fingerprint density at radius 3 is 1.52 bits per heavy atom. The first-order chi connectivity index (χ1) is 22.3. The molecule has 15 nitrogen and oxygen atoms in total. The minimum Gasteiger partial charge on any atom is -0.872 e. The quantitative estimate of drug-likeness (QED) is 0.293. The maximum atomic E-state index is 13.5. The van der Waals surface area contributed by atoms with Gasteiger partial charge in [-0.15, -0.1) is 0 Å². The van der Waals surface area contributed by atoms with E-state index >= 15 is 0 Å². The van der Waals surface area contributed by atoms with Crippen molar-refractivity contribution in [2.75, 3.05) is 39.5 Å². The first kappa shape index (κ1) is 42.8. The average Bonchev–Trinajstić information content (AvgIpc) is 2.98. The van der Waals surface area contributed by atoms with Crippen LogP contribution in [0.2, 0.25) is 10.0 Å². The minimum absolute atomic E-state index is 0. The van der Waals surface area contributed by atoms with E-state index in [1.54, 1.807) is 36.4 Å². The van der Waals surface area contributed by atoms with Crippen LogP contribution in [0.5, 0.6) is 11.5 Å². The van der Waals surface area contributed by atoms with Gasteiger partial charge in [0.25, 0.3) is 0 Å². The van der Waals surface area contributed by atoms with E-state index in [0.29, 0.717) is 78.4 Å². The van der Waals surface area contributed by atoms with Gasteiger partial charge in [0, 0.05) is 39.2 Å². The van der Waals surface area contributed by atoms with E-state index in [0.717, 1.165) is 10.5 Å². The molecule has 1 aliphatic rings. The van der Waals surface area contributed by atoms with Crippen molar-refractivity contribution >= 4 is 35.6 Å². The van der Waals surface area contributed by atoms with E-state index in [1.807, 2.05) is 0 Å². The predicted octanol–water partition coefficient (Wildman–Crippen LogP) is 2.47. The van der Waals surface area contributed by atoms with Crippen molar-refractivity contribution in [3.8, 4) is 11.5 Å². The van der Waals surface area contributed by atoms with E-state index in [4.69, 9.17) is 63.3 Å². The Hall–Kier alpha value is -3.27. The molecule has 0 aliphatic carbocycles. The third-order valence-corrected chi connectivity index (χ3v) is 6.57. The summed E-state index contributed by atoms with van der Waals surface area (Å²) >= 11 is 12.8. The third kappa shape index (κ3) is 17.2. The van der Waals surface area contributed by atoms with Crippen LogP contribution in [-0.2, 0) is 29.1 Å². The summed E-state index contributed by atoms with van der Waals surface area (Å²) in [6.45, 7) is 3.33. The molecule has 1 heterocycles. The zero-order valence-corrected chi connectivity index (χ0v) is 29.2.